The third-order valence-corrected chi connectivity index (χ3v) is 5.62. The number of aromatic nitrogens is 4. The molecule has 0 saturated heterocycles. The van der Waals surface area contributed by atoms with Crippen molar-refractivity contribution < 1.29 is 4.79 Å². The van der Waals surface area contributed by atoms with E-state index in [1.807, 2.05) is 32.9 Å². The van der Waals surface area contributed by atoms with Gasteiger partial charge in [0.05, 0.1) is 28.6 Å². The number of nitrogens with zero attached hydrogens (tertiary/aromatic N) is 5. The van der Waals surface area contributed by atoms with Crippen molar-refractivity contribution in [3.63, 3.8) is 0 Å². The van der Waals surface area contributed by atoms with E-state index >= 15 is 0 Å². The first-order valence-corrected chi connectivity index (χ1v) is 9.03. The highest BCUT2D eigenvalue weighted by atomic mass is 32.1. The van der Waals surface area contributed by atoms with Crippen molar-refractivity contribution in [3.05, 3.63) is 39.7 Å². The topological polar surface area (TPSA) is 75.4 Å². The largest absolute Gasteiger partial charge is 0.322 e. The molecule has 25 heavy (non-hydrogen) atoms. The normalized spacial score (nSPS) is 12.4. The minimum absolute atomic E-state index is 0.0462. The Morgan fingerprint density at radius 1 is 1.36 bits per heavy atom. The summed E-state index contributed by atoms with van der Waals surface area (Å²) >= 11 is 1.67. The van der Waals surface area contributed by atoms with Crippen LogP contribution in [-0.2, 0) is 6.42 Å². The molecule has 0 aliphatic heterocycles. The summed E-state index contributed by atoms with van der Waals surface area (Å²) in [5.41, 5.74) is 2.43. The molecule has 3 aromatic heterocycles. The van der Waals surface area contributed by atoms with Gasteiger partial charge in [0, 0.05) is 11.9 Å². The SMILES string of the molecule is CCc1nc(C)c(C(C)N(C)C(=O)Nc2ccc3nc(C)nn3c2)s1. The predicted octanol–water partition coefficient (Wildman–Crippen LogP) is 3.59. The minimum atomic E-state index is -0.172. The summed E-state index contributed by atoms with van der Waals surface area (Å²) in [7, 11) is 1.79. The first-order valence-electron chi connectivity index (χ1n) is 8.22. The third-order valence-electron chi connectivity index (χ3n) is 4.15. The summed E-state index contributed by atoms with van der Waals surface area (Å²) in [4.78, 5) is 24.3. The summed E-state index contributed by atoms with van der Waals surface area (Å²) < 4.78 is 1.66. The van der Waals surface area contributed by atoms with Gasteiger partial charge in [-0.05, 0) is 39.3 Å². The molecule has 1 unspecified atom stereocenters. The van der Waals surface area contributed by atoms with Gasteiger partial charge in [0.2, 0.25) is 0 Å². The molecule has 1 atom stereocenters. The Bertz CT molecular complexity index is 915. The number of thiazole rings is 1. The van der Waals surface area contributed by atoms with Crippen molar-refractivity contribution in [2.24, 2.45) is 0 Å². The van der Waals surface area contributed by atoms with Crippen LogP contribution in [0.1, 0.15) is 41.3 Å². The van der Waals surface area contributed by atoms with Crippen molar-refractivity contribution in [3.8, 4) is 0 Å². The molecule has 0 bridgehead atoms. The number of aryl methyl sites for hydroxylation is 3. The molecule has 0 aromatic carbocycles. The molecule has 0 saturated carbocycles. The molecule has 0 radical (unpaired) electrons. The molecule has 132 valence electrons. The quantitative estimate of drug-likeness (QED) is 0.773. The lowest BCUT2D eigenvalue weighted by atomic mass is 10.2. The van der Waals surface area contributed by atoms with E-state index in [2.05, 4.69) is 27.3 Å². The van der Waals surface area contributed by atoms with Crippen LogP contribution in [0.5, 0.6) is 0 Å². The monoisotopic (exact) mass is 358 g/mol. The average Bonchev–Trinajstić information content (AvgIpc) is 3.14. The molecule has 3 aromatic rings. The van der Waals surface area contributed by atoms with Crippen molar-refractivity contribution in [2.75, 3.05) is 12.4 Å². The van der Waals surface area contributed by atoms with Gasteiger partial charge in [0.25, 0.3) is 0 Å². The second-order valence-corrected chi connectivity index (χ2v) is 7.12. The fourth-order valence-electron chi connectivity index (χ4n) is 2.64. The van der Waals surface area contributed by atoms with Gasteiger partial charge in [0.15, 0.2) is 5.65 Å². The van der Waals surface area contributed by atoms with Gasteiger partial charge < -0.3 is 10.2 Å². The number of amides is 2. The molecule has 1 N–H and O–H groups in total. The van der Waals surface area contributed by atoms with E-state index in [4.69, 9.17) is 0 Å². The van der Waals surface area contributed by atoms with E-state index in [1.54, 1.807) is 34.0 Å². The maximum absolute atomic E-state index is 12.6. The Labute approximate surface area is 150 Å². The lowest BCUT2D eigenvalue weighted by molar-refractivity contribution is 0.209. The zero-order chi connectivity index (χ0) is 18.1. The van der Waals surface area contributed by atoms with Gasteiger partial charge in [-0.3, -0.25) is 0 Å². The molecule has 0 fully saturated rings. The molecular formula is C17H22N6OS. The third kappa shape index (κ3) is 3.48. The van der Waals surface area contributed by atoms with Gasteiger partial charge in [-0.25, -0.2) is 19.3 Å². The number of carbonyl (C=O) groups is 1. The van der Waals surface area contributed by atoms with Crippen LogP contribution >= 0.6 is 11.3 Å². The zero-order valence-electron chi connectivity index (χ0n) is 15.1. The Hall–Kier alpha value is -2.48. The Balaban J connectivity index is 1.75. The first kappa shape index (κ1) is 17.3. The summed E-state index contributed by atoms with van der Waals surface area (Å²) in [6, 6.07) is 3.44. The fraction of sp³-hybridized carbons (Fsp3) is 0.412. The molecule has 3 rings (SSSR count). The van der Waals surface area contributed by atoms with Crippen LogP contribution in [0, 0.1) is 13.8 Å². The summed E-state index contributed by atoms with van der Waals surface area (Å²) in [5, 5.41) is 8.28. The fourth-order valence-corrected chi connectivity index (χ4v) is 3.74. The summed E-state index contributed by atoms with van der Waals surface area (Å²) in [6.45, 7) is 7.94. The minimum Gasteiger partial charge on any atom is -0.320 e. The lowest BCUT2D eigenvalue weighted by Crippen LogP contribution is -2.33. The number of anilines is 1. The standard InChI is InChI=1S/C17H22N6OS/c1-6-15-18-10(2)16(25-15)11(3)22(5)17(24)20-13-7-8-14-19-12(4)21-23(14)9-13/h7-9,11H,6H2,1-5H3,(H,20,24). The number of pyridine rings is 1. The van der Waals surface area contributed by atoms with Crippen LogP contribution in [0.15, 0.2) is 18.3 Å². The summed E-state index contributed by atoms with van der Waals surface area (Å²) in [5.74, 6) is 0.696. The Morgan fingerprint density at radius 3 is 2.80 bits per heavy atom. The van der Waals surface area contributed by atoms with Crippen molar-refractivity contribution in [1.29, 1.82) is 0 Å². The van der Waals surface area contributed by atoms with Crippen LogP contribution in [0.25, 0.3) is 5.65 Å². The van der Waals surface area contributed by atoms with Gasteiger partial charge in [0.1, 0.15) is 5.82 Å². The van der Waals surface area contributed by atoms with E-state index in [0.29, 0.717) is 11.5 Å². The number of carbonyl (C=O) groups excluding carboxylic acids is 1. The molecule has 7 nitrogen and oxygen atoms in total. The Kier molecular flexibility index (Phi) is 4.71. The lowest BCUT2D eigenvalue weighted by Gasteiger charge is -2.24. The van der Waals surface area contributed by atoms with E-state index in [-0.39, 0.29) is 12.1 Å². The Morgan fingerprint density at radius 2 is 2.12 bits per heavy atom. The van der Waals surface area contributed by atoms with Gasteiger partial charge >= 0.3 is 6.03 Å². The molecule has 0 aliphatic carbocycles. The van der Waals surface area contributed by atoms with Crippen LogP contribution in [0.2, 0.25) is 0 Å². The first-order chi connectivity index (χ1) is 11.9. The van der Waals surface area contributed by atoms with Crippen molar-refractivity contribution in [1.82, 2.24) is 24.5 Å². The average molecular weight is 358 g/mol. The van der Waals surface area contributed by atoms with Crippen LogP contribution in [-0.4, -0.2) is 37.6 Å². The van der Waals surface area contributed by atoms with E-state index in [0.717, 1.165) is 27.6 Å². The molecular weight excluding hydrogens is 336 g/mol. The molecule has 3 heterocycles. The maximum Gasteiger partial charge on any atom is 0.322 e. The zero-order valence-corrected chi connectivity index (χ0v) is 15.9. The van der Waals surface area contributed by atoms with Crippen LogP contribution < -0.4 is 5.32 Å². The number of hydrogen-bond acceptors (Lipinski definition) is 5. The van der Waals surface area contributed by atoms with E-state index in [9.17, 15) is 4.79 Å². The number of fused-ring (bicyclic) bond motifs is 1. The van der Waals surface area contributed by atoms with Gasteiger partial charge in [-0.1, -0.05) is 6.92 Å². The highest BCUT2D eigenvalue weighted by Crippen LogP contribution is 2.29. The molecule has 0 aliphatic rings. The second-order valence-electron chi connectivity index (χ2n) is 6.01. The molecule has 8 heteroatoms. The molecule has 2 amide bonds. The number of hydrogen-bond donors (Lipinski definition) is 1. The predicted molar refractivity (Wildman–Crippen MR) is 99.1 cm³/mol. The maximum atomic E-state index is 12.6. The second kappa shape index (κ2) is 6.79. The number of rotatable bonds is 4. The van der Waals surface area contributed by atoms with Gasteiger partial charge in [-0.15, -0.1) is 11.3 Å². The number of nitrogens with one attached hydrogen (secondary N) is 1. The van der Waals surface area contributed by atoms with Crippen molar-refractivity contribution in [2.45, 2.75) is 40.2 Å². The molecule has 0 spiro atoms. The van der Waals surface area contributed by atoms with E-state index in [1.165, 1.54) is 0 Å². The van der Waals surface area contributed by atoms with Crippen LogP contribution in [0.4, 0.5) is 10.5 Å². The highest BCUT2D eigenvalue weighted by molar-refractivity contribution is 7.11. The van der Waals surface area contributed by atoms with Gasteiger partial charge in [-0.2, -0.15) is 5.10 Å². The summed E-state index contributed by atoms with van der Waals surface area (Å²) in [6.07, 6.45) is 2.67. The van der Waals surface area contributed by atoms with Crippen LogP contribution in [0.3, 0.4) is 0 Å². The highest BCUT2D eigenvalue weighted by Gasteiger charge is 2.22. The number of urea groups is 1. The van der Waals surface area contributed by atoms with E-state index < -0.39 is 0 Å². The smallest absolute Gasteiger partial charge is 0.320 e. The van der Waals surface area contributed by atoms with Crippen molar-refractivity contribution >= 4 is 28.7 Å².